The van der Waals surface area contributed by atoms with Crippen LogP contribution in [-0.4, -0.2) is 82.2 Å². The second-order valence-electron chi connectivity index (χ2n) is 7.79. The third kappa shape index (κ3) is 4.22. The van der Waals surface area contributed by atoms with Crippen molar-refractivity contribution in [3.05, 3.63) is 40.6 Å². The molecular weight excluding hydrogens is 468 g/mol. The van der Waals surface area contributed by atoms with Gasteiger partial charge in [-0.2, -0.15) is 0 Å². The molecule has 0 saturated carbocycles. The molecule has 0 amide bonds. The molecule has 3 aromatic rings. The van der Waals surface area contributed by atoms with Crippen LogP contribution in [0.1, 0.15) is 0 Å². The number of aromatic hydroxyl groups is 2. The van der Waals surface area contributed by atoms with E-state index in [0.29, 0.717) is 5.56 Å². The molecule has 1 aliphatic rings. The zero-order valence-corrected chi connectivity index (χ0v) is 18.6. The van der Waals surface area contributed by atoms with Gasteiger partial charge in [-0.05, 0) is 17.7 Å². The number of aliphatic hydroxyl groups is 4. The zero-order valence-electron chi connectivity index (χ0n) is 18.6. The number of rotatable bonds is 6. The van der Waals surface area contributed by atoms with Crippen LogP contribution in [0.15, 0.2) is 39.5 Å². The molecule has 5 atom stereocenters. The summed E-state index contributed by atoms with van der Waals surface area (Å²) in [6.07, 6.45) is -7.83. The summed E-state index contributed by atoms with van der Waals surface area (Å²) in [6, 6.07) is 6.88. The fourth-order valence-corrected chi connectivity index (χ4v) is 3.87. The van der Waals surface area contributed by atoms with Gasteiger partial charge in [-0.1, -0.05) is 12.1 Å². The summed E-state index contributed by atoms with van der Waals surface area (Å²) in [5.74, 6) is -1.37. The number of phenols is 2. The molecule has 1 aromatic heterocycles. The number of phenolic OH excluding ortho intramolecular Hbond substituents is 2. The van der Waals surface area contributed by atoms with Gasteiger partial charge in [-0.25, -0.2) is 0 Å². The Balaban J connectivity index is 1.85. The van der Waals surface area contributed by atoms with E-state index in [-0.39, 0.29) is 39.7 Å². The Hall–Kier alpha value is -3.55. The fourth-order valence-electron chi connectivity index (χ4n) is 3.87. The van der Waals surface area contributed by atoms with E-state index in [1.807, 2.05) is 0 Å². The highest BCUT2D eigenvalue weighted by Crippen LogP contribution is 2.44. The Labute approximate surface area is 197 Å². The van der Waals surface area contributed by atoms with Gasteiger partial charge in [-0.15, -0.1) is 0 Å². The maximum atomic E-state index is 13.4. The lowest BCUT2D eigenvalue weighted by Crippen LogP contribution is -2.60. The number of aliphatic hydroxyl groups excluding tert-OH is 4. The van der Waals surface area contributed by atoms with Crippen LogP contribution >= 0.6 is 0 Å². The van der Waals surface area contributed by atoms with E-state index >= 15 is 0 Å². The number of ether oxygens (including phenoxy) is 4. The van der Waals surface area contributed by atoms with E-state index in [9.17, 15) is 35.4 Å². The van der Waals surface area contributed by atoms with Crippen LogP contribution in [0.5, 0.6) is 28.9 Å². The number of hydrogen-bond acceptors (Lipinski definition) is 12. The average Bonchev–Trinajstić information content (AvgIpc) is 2.84. The van der Waals surface area contributed by atoms with E-state index in [1.165, 1.54) is 44.6 Å². The summed E-state index contributed by atoms with van der Waals surface area (Å²) < 4.78 is 27.1. The lowest BCUT2D eigenvalue weighted by molar-refractivity contribution is -0.277. The van der Waals surface area contributed by atoms with E-state index in [4.69, 9.17) is 23.4 Å². The van der Waals surface area contributed by atoms with E-state index < -0.39 is 48.5 Å². The quantitative estimate of drug-likeness (QED) is 0.272. The highest BCUT2D eigenvalue weighted by Gasteiger charge is 2.45. The van der Waals surface area contributed by atoms with E-state index in [2.05, 4.69) is 0 Å². The Morgan fingerprint density at radius 2 is 1.66 bits per heavy atom. The Bertz CT molecular complexity index is 1270. The maximum absolute atomic E-state index is 13.4. The molecular formula is C23H24O12. The van der Waals surface area contributed by atoms with Crippen molar-refractivity contribution in [2.75, 3.05) is 20.8 Å². The molecule has 0 radical (unpaired) electrons. The zero-order chi connectivity index (χ0) is 25.4. The van der Waals surface area contributed by atoms with E-state index in [0.717, 1.165) is 0 Å². The molecule has 0 aliphatic carbocycles. The van der Waals surface area contributed by atoms with Crippen LogP contribution in [0.2, 0.25) is 0 Å². The Morgan fingerprint density at radius 1 is 0.971 bits per heavy atom. The normalized spacial score (nSPS) is 24.3. The number of benzene rings is 2. The summed E-state index contributed by atoms with van der Waals surface area (Å²) in [7, 11) is 2.48. The van der Waals surface area contributed by atoms with Crippen LogP contribution in [0.4, 0.5) is 0 Å². The first-order valence-corrected chi connectivity index (χ1v) is 10.4. The van der Waals surface area contributed by atoms with E-state index in [1.54, 1.807) is 0 Å². The predicted molar refractivity (Wildman–Crippen MR) is 119 cm³/mol. The molecule has 3 unspecified atom stereocenters. The monoisotopic (exact) mass is 492 g/mol. The summed E-state index contributed by atoms with van der Waals surface area (Å²) in [6.45, 7) is -0.670. The summed E-state index contributed by atoms with van der Waals surface area (Å²) in [5, 5.41) is 59.8. The van der Waals surface area contributed by atoms with Gasteiger partial charge >= 0.3 is 0 Å². The summed E-state index contributed by atoms with van der Waals surface area (Å²) >= 11 is 0. The summed E-state index contributed by atoms with van der Waals surface area (Å²) in [5.41, 5.74) is -0.480. The smallest absolute Gasteiger partial charge is 0.296 e. The van der Waals surface area contributed by atoms with Crippen LogP contribution in [-0.2, 0) is 4.74 Å². The van der Waals surface area contributed by atoms with Gasteiger partial charge in [0, 0.05) is 6.07 Å². The third-order valence-corrected chi connectivity index (χ3v) is 5.68. The molecule has 188 valence electrons. The van der Waals surface area contributed by atoms with Gasteiger partial charge < -0.3 is 54.0 Å². The molecule has 2 aromatic carbocycles. The van der Waals surface area contributed by atoms with Gasteiger partial charge in [0.2, 0.25) is 17.5 Å². The Kier molecular flexibility index (Phi) is 6.74. The van der Waals surface area contributed by atoms with Crippen LogP contribution in [0.3, 0.4) is 0 Å². The van der Waals surface area contributed by atoms with Gasteiger partial charge in [0.05, 0.1) is 20.8 Å². The minimum atomic E-state index is -1.73. The van der Waals surface area contributed by atoms with Crippen LogP contribution < -0.4 is 19.6 Å². The molecule has 4 rings (SSSR count). The predicted octanol–water partition coefficient (Wildman–Crippen LogP) is 0.0671. The van der Waals surface area contributed by atoms with Gasteiger partial charge in [0.1, 0.15) is 46.7 Å². The van der Waals surface area contributed by atoms with Crippen molar-refractivity contribution in [2.45, 2.75) is 30.7 Å². The topological polar surface area (TPSA) is 189 Å². The van der Waals surface area contributed by atoms with Gasteiger partial charge in [-0.3, -0.25) is 4.79 Å². The van der Waals surface area contributed by atoms with Crippen LogP contribution in [0, 0.1) is 0 Å². The highest BCUT2D eigenvalue weighted by molar-refractivity contribution is 5.92. The SMILES string of the molecule is COc1oc2cc(O[C@@H]3OC(CO)[C@@H](O)C(O)C3O)c(OC)c(O)c2c(=O)c1-c1ccc(O)cc1. The molecule has 12 nitrogen and oxygen atoms in total. The molecule has 35 heavy (non-hydrogen) atoms. The Morgan fingerprint density at radius 3 is 2.26 bits per heavy atom. The number of hydrogen-bond donors (Lipinski definition) is 6. The fraction of sp³-hybridized carbons (Fsp3) is 0.348. The first-order valence-electron chi connectivity index (χ1n) is 10.4. The second kappa shape index (κ2) is 9.60. The second-order valence-corrected chi connectivity index (χ2v) is 7.79. The largest absolute Gasteiger partial charge is 0.508 e. The molecule has 1 aliphatic heterocycles. The molecule has 1 saturated heterocycles. The number of methoxy groups -OCH3 is 2. The van der Waals surface area contributed by atoms with Crippen molar-refractivity contribution in [1.82, 2.24) is 0 Å². The minimum absolute atomic E-state index is 0.0139. The molecule has 1 fully saturated rings. The average molecular weight is 492 g/mol. The van der Waals surface area contributed by atoms with Crippen molar-refractivity contribution < 1.29 is 54.0 Å². The van der Waals surface area contributed by atoms with Gasteiger partial charge in [0.25, 0.3) is 5.95 Å². The highest BCUT2D eigenvalue weighted by atomic mass is 16.7. The third-order valence-electron chi connectivity index (χ3n) is 5.68. The van der Waals surface area contributed by atoms with Crippen molar-refractivity contribution in [3.63, 3.8) is 0 Å². The minimum Gasteiger partial charge on any atom is -0.508 e. The molecule has 2 heterocycles. The van der Waals surface area contributed by atoms with Crippen molar-refractivity contribution in [3.8, 4) is 40.1 Å². The van der Waals surface area contributed by atoms with Gasteiger partial charge in [0.15, 0.2) is 11.5 Å². The summed E-state index contributed by atoms with van der Waals surface area (Å²) in [4.78, 5) is 13.4. The first-order chi connectivity index (χ1) is 16.7. The van der Waals surface area contributed by atoms with Crippen molar-refractivity contribution in [2.24, 2.45) is 0 Å². The molecule has 6 N–H and O–H groups in total. The van der Waals surface area contributed by atoms with Crippen molar-refractivity contribution in [1.29, 1.82) is 0 Å². The molecule has 0 spiro atoms. The molecule has 0 bridgehead atoms. The standard InChI is InChI=1S/C23H24O12/c1-31-21-12(34-23-20(30)19(29)16(26)13(8-24)35-23)7-11-15(18(21)28)17(27)14(22(32-2)33-11)9-3-5-10(25)6-4-9/h3-7,13,16,19-20,23-26,28-30H,8H2,1-2H3/t13?,16-,19?,20?,23-/m1/s1. The van der Waals surface area contributed by atoms with Crippen molar-refractivity contribution >= 4 is 11.0 Å². The molecule has 12 heteroatoms. The van der Waals surface area contributed by atoms with Crippen LogP contribution in [0.25, 0.3) is 22.1 Å². The maximum Gasteiger partial charge on any atom is 0.296 e. The lowest BCUT2D eigenvalue weighted by atomic mass is 9.99. The first kappa shape index (κ1) is 24.6. The number of fused-ring (bicyclic) bond motifs is 1. The lowest BCUT2D eigenvalue weighted by Gasteiger charge is -2.39.